The van der Waals surface area contributed by atoms with Gasteiger partial charge in [0.05, 0.1) is 0 Å². The van der Waals surface area contributed by atoms with Crippen molar-refractivity contribution < 1.29 is 9.53 Å². The summed E-state index contributed by atoms with van der Waals surface area (Å²) >= 11 is 0. The summed E-state index contributed by atoms with van der Waals surface area (Å²) < 4.78 is 5.64. The lowest BCUT2D eigenvalue weighted by atomic mass is 10.2. The van der Waals surface area contributed by atoms with Crippen molar-refractivity contribution in [1.29, 1.82) is 0 Å². The van der Waals surface area contributed by atoms with Crippen molar-refractivity contribution in [2.24, 2.45) is 5.73 Å². The van der Waals surface area contributed by atoms with Gasteiger partial charge < -0.3 is 15.4 Å². The summed E-state index contributed by atoms with van der Waals surface area (Å²) in [7, 11) is 3.98. The number of carbonyl (C=O) groups excluding carboxylic acids is 1. The first kappa shape index (κ1) is 13.3. The molecule has 0 spiro atoms. The molecule has 4 nitrogen and oxygen atoms in total. The van der Waals surface area contributed by atoms with Crippen LogP contribution in [-0.4, -0.2) is 38.1 Å². The van der Waals surface area contributed by atoms with Crippen molar-refractivity contribution >= 4 is 12.0 Å². The fraction of sp³-hybridized carbons (Fsp3) is 0.308. The topological polar surface area (TPSA) is 55.6 Å². The Kier molecular flexibility index (Phi) is 5.23. The highest BCUT2D eigenvalue weighted by Crippen LogP contribution is 2.19. The molecular formula is C13H18N2O2. The normalized spacial score (nSPS) is 11.0. The number of nitrogens with zero attached hydrogens (tertiary/aromatic N) is 1. The minimum Gasteiger partial charge on any atom is -0.492 e. The number of carbonyl (C=O) groups is 1. The molecule has 0 atom stereocenters. The molecule has 0 radical (unpaired) electrons. The van der Waals surface area contributed by atoms with E-state index in [0.717, 1.165) is 17.9 Å². The number of rotatable bonds is 6. The zero-order valence-electron chi connectivity index (χ0n) is 10.2. The maximum atomic E-state index is 10.7. The van der Waals surface area contributed by atoms with E-state index in [-0.39, 0.29) is 0 Å². The SMILES string of the molecule is CN(C)CCOc1ccccc1/C=C\C(N)=O. The summed E-state index contributed by atoms with van der Waals surface area (Å²) in [6, 6.07) is 7.53. The number of amides is 1. The molecule has 2 N–H and O–H groups in total. The molecule has 0 saturated carbocycles. The Morgan fingerprint density at radius 3 is 2.76 bits per heavy atom. The molecule has 0 heterocycles. The molecule has 1 amide bonds. The lowest BCUT2D eigenvalue weighted by Gasteiger charge is -2.12. The second-order valence-electron chi connectivity index (χ2n) is 3.93. The fourth-order valence-electron chi connectivity index (χ4n) is 1.26. The molecule has 1 aromatic rings. The van der Waals surface area contributed by atoms with Crippen LogP contribution in [0.15, 0.2) is 30.3 Å². The smallest absolute Gasteiger partial charge is 0.241 e. The van der Waals surface area contributed by atoms with E-state index in [9.17, 15) is 4.79 Å². The number of hydrogen-bond acceptors (Lipinski definition) is 3. The Labute approximate surface area is 102 Å². The van der Waals surface area contributed by atoms with Gasteiger partial charge in [-0.25, -0.2) is 0 Å². The van der Waals surface area contributed by atoms with E-state index in [1.807, 2.05) is 43.3 Å². The average molecular weight is 234 g/mol. The number of nitrogens with two attached hydrogens (primary N) is 1. The Hall–Kier alpha value is -1.81. The molecule has 0 aliphatic carbocycles. The highest BCUT2D eigenvalue weighted by atomic mass is 16.5. The monoisotopic (exact) mass is 234 g/mol. The number of benzene rings is 1. The van der Waals surface area contributed by atoms with Crippen molar-refractivity contribution in [2.75, 3.05) is 27.2 Å². The molecule has 4 heteroatoms. The predicted molar refractivity (Wildman–Crippen MR) is 68.7 cm³/mol. The van der Waals surface area contributed by atoms with Gasteiger partial charge in [0.15, 0.2) is 0 Å². The van der Waals surface area contributed by atoms with Crippen LogP contribution in [0.3, 0.4) is 0 Å². The fourth-order valence-corrected chi connectivity index (χ4v) is 1.26. The van der Waals surface area contributed by atoms with Crippen molar-refractivity contribution in [2.45, 2.75) is 0 Å². The van der Waals surface area contributed by atoms with E-state index in [1.165, 1.54) is 6.08 Å². The van der Waals surface area contributed by atoms with Crippen molar-refractivity contribution in [3.05, 3.63) is 35.9 Å². The van der Waals surface area contributed by atoms with Gasteiger partial charge in [-0.2, -0.15) is 0 Å². The Morgan fingerprint density at radius 2 is 2.12 bits per heavy atom. The first-order valence-electron chi connectivity index (χ1n) is 5.43. The van der Waals surface area contributed by atoms with Crippen molar-refractivity contribution in [1.82, 2.24) is 4.90 Å². The van der Waals surface area contributed by atoms with Crippen LogP contribution in [0.1, 0.15) is 5.56 Å². The number of hydrogen-bond donors (Lipinski definition) is 1. The zero-order chi connectivity index (χ0) is 12.7. The molecule has 0 aromatic heterocycles. The number of para-hydroxylation sites is 1. The van der Waals surface area contributed by atoms with Gasteiger partial charge in [-0.05, 0) is 26.2 Å². The molecule has 0 unspecified atom stereocenters. The van der Waals surface area contributed by atoms with Crippen LogP contribution in [0.4, 0.5) is 0 Å². The lowest BCUT2D eigenvalue weighted by Crippen LogP contribution is -2.19. The van der Waals surface area contributed by atoms with E-state index in [4.69, 9.17) is 10.5 Å². The molecular weight excluding hydrogens is 216 g/mol. The van der Waals surface area contributed by atoms with Crippen molar-refractivity contribution in [3.8, 4) is 5.75 Å². The first-order chi connectivity index (χ1) is 8.09. The van der Waals surface area contributed by atoms with E-state index in [2.05, 4.69) is 0 Å². The molecule has 0 saturated heterocycles. The van der Waals surface area contributed by atoms with Gasteiger partial charge in [0.25, 0.3) is 0 Å². The second kappa shape index (κ2) is 6.70. The summed E-state index contributed by atoms with van der Waals surface area (Å²) in [6.45, 7) is 1.45. The Balaban J connectivity index is 2.67. The molecule has 17 heavy (non-hydrogen) atoms. The van der Waals surface area contributed by atoms with Crippen LogP contribution in [-0.2, 0) is 4.79 Å². The molecule has 0 fully saturated rings. The van der Waals surface area contributed by atoms with Gasteiger partial charge in [0.1, 0.15) is 12.4 Å². The average Bonchev–Trinajstić information content (AvgIpc) is 2.27. The van der Waals surface area contributed by atoms with E-state index in [0.29, 0.717) is 6.61 Å². The molecule has 1 rings (SSSR count). The van der Waals surface area contributed by atoms with Gasteiger partial charge in [0.2, 0.25) is 5.91 Å². The third kappa shape index (κ3) is 5.17. The highest BCUT2D eigenvalue weighted by molar-refractivity contribution is 5.90. The molecule has 0 bridgehead atoms. The van der Waals surface area contributed by atoms with Gasteiger partial charge in [0, 0.05) is 18.2 Å². The maximum absolute atomic E-state index is 10.7. The third-order valence-electron chi connectivity index (χ3n) is 2.14. The van der Waals surface area contributed by atoms with Gasteiger partial charge in [-0.3, -0.25) is 4.79 Å². The largest absolute Gasteiger partial charge is 0.492 e. The van der Waals surface area contributed by atoms with E-state index >= 15 is 0 Å². The van der Waals surface area contributed by atoms with Crippen LogP contribution < -0.4 is 10.5 Å². The van der Waals surface area contributed by atoms with Crippen LogP contribution in [0.5, 0.6) is 5.75 Å². The van der Waals surface area contributed by atoms with Crippen molar-refractivity contribution in [3.63, 3.8) is 0 Å². The highest BCUT2D eigenvalue weighted by Gasteiger charge is 2.00. The molecule has 1 aromatic carbocycles. The third-order valence-corrected chi connectivity index (χ3v) is 2.14. The first-order valence-corrected chi connectivity index (χ1v) is 5.43. The van der Waals surface area contributed by atoms with E-state index in [1.54, 1.807) is 6.08 Å². The zero-order valence-corrected chi connectivity index (χ0v) is 10.2. The van der Waals surface area contributed by atoms with Gasteiger partial charge in [-0.15, -0.1) is 0 Å². The summed E-state index contributed by atoms with van der Waals surface area (Å²) in [5.74, 6) is 0.292. The standard InChI is InChI=1S/C13H18N2O2/c1-15(2)9-10-17-12-6-4-3-5-11(12)7-8-13(14)16/h3-8H,9-10H2,1-2H3,(H2,14,16)/b8-7-. The summed E-state index contributed by atoms with van der Waals surface area (Å²) in [5.41, 5.74) is 5.91. The number of ether oxygens (including phenoxy) is 1. The summed E-state index contributed by atoms with van der Waals surface area (Å²) in [5, 5.41) is 0. The number of primary amides is 1. The summed E-state index contributed by atoms with van der Waals surface area (Å²) in [6.07, 6.45) is 2.99. The second-order valence-corrected chi connectivity index (χ2v) is 3.93. The molecule has 92 valence electrons. The minimum absolute atomic E-state index is 0.465. The van der Waals surface area contributed by atoms with Crippen LogP contribution in [0, 0.1) is 0 Å². The van der Waals surface area contributed by atoms with Crippen LogP contribution >= 0.6 is 0 Å². The van der Waals surface area contributed by atoms with E-state index < -0.39 is 5.91 Å². The Bertz CT molecular complexity index is 400. The lowest BCUT2D eigenvalue weighted by molar-refractivity contribution is -0.113. The van der Waals surface area contributed by atoms with Crippen LogP contribution in [0.25, 0.3) is 6.08 Å². The maximum Gasteiger partial charge on any atom is 0.241 e. The molecule has 0 aliphatic rings. The Morgan fingerprint density at radius 1 is 1.41 bits per heavy atom. The number of likely N-dealkylation sites (N-methyl/N-ethyl adjacent to an activating group) is 1. The van der Waals surface area contributed by atoms with Crippen LogP contribution in [0.2, 0.25) is 0 Å². The minimum atomic E-state index is -0.465. The molecule has 0 aliphatic heterocycles. The van der Waals surface area contributed by atoms with Gasteiger partial charge >= 0.3 is 0 Å². The van der Waals surface area contributed by atoms with Gasteiger partial charge in [-0.1, -0.05) is 18.2 Å². The quantitative estimate of drug-likeness (QED) is 0.751. The predicted octanol–water partition coefficient (Wildman–Crippen LogP) is 1.13. The summed E-state index contributed by atoms with van der Waals surface area (Å²) in [4.78, 5) is 12.7.